The fourth-order valence-corrected chi connectivity index (χ4v) is 1.58. The number of rotatable bonds is 3. The summed E-state index contributed by atoms with van der Waals surface area (Å²) in [6.45, 7) is 2.85. The first-order chi connectivity index (χ1) is 4.91. The molecule has 1 aliphatic rings. The SMILES string of the molecule is CC1CC1CN(C)S(C)(=O)=O. The Morgan fingerprint density at radius 2 is 2.00 bits per heavy atom. The molecule has 0 heterocycles. The molecular formula is C7H15NO2S. The average molecular weight is 177 g/mol. The molecule has 3 nitrogen and oxygen atoms in total. The maximum Gasteiger partial charge on any atom is 0.210 e. The van der Waals surface area contributed by atoms with E-state index in [0.717, 1.165) is 5.92 Å². The molecule has 11 heavy (non-hydrogen) atoms. The van der Waals surface area contributed by atoms with Gasteiger partial charge in [-0.25, -0.2) is 12.7 Å². The Morgan fingerprint density at radius 3 is 2.27 bits per heavy atom. The van der Waals surface area contributed by atoms with Gasteiger partial charge in [-0.1, -0.05) is 6.92 Å². The van der Waals surface area contributed by atoms with Crippen LogP contribution in [0.4, 0.5) is 0 Å². The summed E-state index contributed by atoms with van der Waals surface area (Å²) in [5.41, 5.74) is 0. The van der Waals surface area contributed by atoms with Gasteiger partial charge in [0.1, 0.15) is 0 Å². The molecule has 0 aromatic heterocycles. The van der Waals surface area contributed by atoms with Crippen LogP contribution in [0, 0.1) is 11.8 Å². The van der Waals surface area contributed by atoms with Crippen molar-refractivity contribution in [2.24, 2.45) is 11.8 Å². The van der Waals surface area contributed by atoms with Crippen molar-refractivity contribution in [1.29, 1.82) is 0 Å². The second kappa shape index (κ2) is 2.75. The van der Waals surface area contributed by atoms with E-state index in [9.17, 15) is 8.42 Å². The lowest BCUT2D eigenvalue weighted by Crippen LogP contribution is -2.27. The lowest BCUT2D eigenvalue weighted by atomic mass is 10.3. The summed E-state index contributed by atoms with van der Waals surface area (Å²) in [5.74, 6) is 1.33. The van der Waals surface area contributed by atoms with Crippen molar-refractivity contribution in [2.45, 2.75) is 13.3 Å². The van der Waals surface area contributed by atoms with E-state index in [0.29, 0.717) is 12.5 Å². The predicted octanol–water partition coefficient (Wildman–Crippen LogP) is 0.534. The summed E-state index contributed by atoms with van der Waals surface area (Å²) in [4.78, 5) is 0. The topological polar surface area (TPSA) is 37.4 Å². The van der Waals surface area contributed by atoms with Crippen LogP contribution in [0.25, 0.3) is 0 Å². The Hall–Kier alpha value is -0.0900. The highest BCUT2D eigenvalue weighted by Gasteiger charge is 2.34. The Balaban J connectivity index is 2.39. The second-order valence-electron chi connectivity index (χ2n) is 3.52. The van der Waals surface area contributed by atoms with Gasteiger partial charge in [-0.15, -0.1) is 0 Å². The minimum atomic E-state index is -2.95. The first-order valence-electron chi connectivity index (χ1n) is 3.82. The highest BCUT2D eigenvalue weighted by molar-refractivity contribution is 7.88. The fraction of sp³-hybridized carbons (Fsp3) is 1.00. The van der Waals surface area contributed by atoms with Crippen molar-refractivity contribution in [3.8, 4) is 0 Å². The van der Waals surface area contributed by atoms with E-state index in [1.165, 1.54) is 17.0 Å². The Kier molecular flexibility index (Phi) is 2.25. The normalized spacial score (nSPS) is 30.9. The van der Waals surface area contributed by atoms with Crippen LogP contribution in [0.1, 0.15) is 13.3 Å². The van der Waals surface area contributed by atoms with Crippen LogP contribution in [0.15, 0.2) is 0 Å². The van der Waals surface area contributed by atoms with E-state index in [2.05, 4.69) is 6.92 Å². The molecule has 0 bridgehead atoms. The first-order valence-corrected chi connectivity index (χ1v) is 5.67. The molecule has 0 saturated heterocycles. The zero-order chi connectivity index (χ0) is 8.65. The second-order valence-corrected chi connectivity index (χ2v) is 5.61. The summed E-state index contributed by atoms with van der Waals surface area (Å²) < 4.78 is 23.3. The third kappa shape index (κ3) is 2.45. The van der Waals surface area contributed by atoms with Crippen LogP contribution in [0.3, 0.4) is 0 Å². The zero-order valence-electron chi connectivity index (χ0n) is 7.24. The molecule has 1 rings (SSSR count). The van der Waals surface area contributed by atoms with Crippen molar-refractivity contribution >= 4 is 10.0 Å². The van der Waals surface area contributed by atoms with Gasteiger partial charge in [-0.3, -0.25) is 0 Å². The standard InChI is InChI=1S/C7H15NO2S/c1-6-4-7(6)5-8(2)11(3,9)10/h6-7H,4-5H2,1-3H3. The third-order valence-corrected chi connectivity index (χ3v) is 3.62. The van der Waals surface area contributed by atoms with Gasteiger partial charge in [-0.2, -0.15) is 0 Å². The smallest absolute Gasteiger partial charge is 0.210 e. The van der Waals surface area contributed by atoms with Crippen molar-refractivity contribution in [3.05, 3.63) is 0 Å². The molecule has 66 valence electrons. The predicted molar refractivity (Wildman–Crippen MR) is 44.7 cm³/mol. The highest BCUT2D eigenvalue weighted by Crippen LogP contribution is 2.38. The molecule has 0 aromatic rings. The quantitative estimate of drug-likeness (QED) is 0.630. The largest absolute Gasteiger partial charge is 0.213 e. The molecule has 0 spiro atoms. The van der Waals surface area contributed by atoms with E-state index in [-0.39, 0.29) is 0 Å². The van der Waals surface area contributed by atoms with Gasteiger partial charge in [0, 0.05) is 13.6 Å². The molecule has 4 heteroatoms. The molecule has 0 aromatic carbocycles. The Labute approximate surface area is 68.4 Å². The van der Waals surface area contributed by atoms with E-state index in [1.807, 2.05) is 0 Å². The van der Waals surface area contributed by atoms with Crippen LogP contribution in [-0.4, -0.2) is 32.6 Å². The molecule has 0 N–H and O–H groups in total. The summed E-state index contributed by atoms with van der Waals surface area (Å²) in [5, 5.41) is 0. The average Bonchev–Trinajstić information content (AvgIpc) is 2.44. The minimum Gasteiger partial charge on any atom is -0.213 e. The van der Waals surface area contributed by atoms with E-state index >= 15 is 0 Å². The van der Waals surface area contributed by atoms with Crippen LogP contribution in [0.2, 0.25) is 0 Å². The number of hydrogen-bond donors (Lipinski definition) is 0. The van der Waals surface area contributed by atoms with Crippen molar-refractivity contribution in [2.75, 3.05) is 19.8 Å². The van der Waals surface area contributed by atoms with Crippen LogP contribution < -0.4 is 0 Å². The van der Waals surface area contributed by atoms with Gasteiger partial charge in [0.05, 0.1) is 6.26 Å². The van der Waals surface area contributed by atoms with E-state index < -0.39 is 10.0 Å². The molecule has 0 radical (unpaired) electrons. The molecule has 0 aliphatic heterocycles. The van der Waals surface area contributed by atoms with E-state index in [4.69, 9.17) is 0 Å². The zero-order valence-corrected chi connectivity index (χ0v) is 8.06. The van der Waals surface area contributed by atoms with Gasteiger partial charge in [-0.05, 0) is 18.3 Å². The van der Waals surface area contributed by atoms with Gasteiger partial charge < -0.3 is 0 Å². The fourth-order valence-electron chi connectivity index (χ4n) is 1.12. The van der Waals surface area contributed by atoms with Crippen molar-refractivity contribution in [1.82, 2.24) is 4.31 Å². The maximum absolute atomic E-state index is 10.9. The molecule has 2 atom stereocenters. The van der Waals surface area contributed by atoms with Crippen LogP contribution in [0.5, 0.6) is 0 Å². The molecular weight excluding hydrogens is 162 g/mol. The molecule has 1 aliphatic carbocycles. The third-order valence-electron chi connectivity index (χ3n) is 2.33. The van der Waals surface area contributed by atoms with Gasteiger partial charge in [0.15, 0.2) is 0 Å². The monoisotopic (exact) mass is 177 g/mol. The van der Waals surface area contributed by atoms with Gasteiger partial charge in [0.2, 0.25) is 10.0 Å². The van der Waals surface area contributed by atoms with Gasteiger partial charge in [0.25, 0.3) is 0 Å². The summed E-state index contributed by atoms with van der Waals surface area (Å²) >= 11 is 0. The Bertz CT molecular complexity index is 235. The Morgan fingerprint density at radius 1 is 1.55 bits per heavy atom. The lowest BCUT2D eigenvalue weighted by Gasteiger charge is -2.12. The van der Waals surface area contributed by atoms with Crippen molar-refractivity contribution in [3.63, 3.8) is 0 Å². The maximum atomic E-state index is 10.9. The summed E-state index contributed by atoms with van der Waals surface area (Å²) in [6, 6.07) is 0. The first kappa shape index (κ1) is 9.00. The van der Waals surface area contributed by atoms with Crippen LogP contribution >= 0.6 is 0 Å². The molecule has 1 fully saturated rings. The van der Waals surface area contributed by atoms with E-state index in [1.54, 1.807) is 7.05 Å². The number of nitrogens with zero attached hydrogens (tertiary/aromatic N) is 1. The number of hydrogen-bond acceptors (Lipinski definition) is 2. The molecule has 1 saturated carbocycles. The van der Waals surface area contributed by atoms with Gasteiger partial charge >= 0.3 is 0 Å². The highest BCUT2D eigenvalue weighted by atomic mass is 32.2. The summed E-state index contributed by atoms with van der Waals surface area (Å²) in [7, 11) is -1.31. The molecule has 0 amide bonds. The number of sulfonamides is 1. The molecule has 2 unspecified atom stereocenters. The van der Waals surface area contributed by atoms with Crippen molar-refractivity contribution < 1.29 is 8.42 Å². The minimum absolute atomic E-state index is 0.606. The summed E-state index contributed by atoms with van der Waals surface area (Å²) in [6.07, 6.45) is 2.43. The lowest BCUT2D eigenvalue weighted by molar-refractivity contribution is 0.449. The van der Waals surface area contributed by atoms with Crippen LogP contribution in [-0.2, 0) is 10.0 Å².